The molecule has 0 radical (unpaired) electrons. The number of thiazole rings is 1. The van der Waals surface area contributed by atoms with Crippen molar-refractivity contribution >= 4 is 66.6 Å². The first-order valence-electron chi connectivity index (χ1n) is 16.6. The van der Waals surface area contributed by atoms with Crippen molar-refractivity contribution in [3.63, 3.8) is 0 Å². The van der Waals surface area contributed by atoms with Crippen molar-refractivity contribution in [1.82, 2.24) is 0 Å². The number of hydrogen-bond donors (Lipinski definition) is 0. The van der Waals surface area contributed by atoms with E-state index in [1.165, 1.54) is 69.1 Å². The SMILES string of the molecule is CCC(=Cc1sc2ccc3ccccc3c2[n+]1CCc1ccccc1)C=C1Sc2ccc3ccccc3c2N1CCc1ccccc1. The highest BCUT2D eigenvalue weighted by Gasteiger charge is 2.28. The first-order valence-corrected chi connectivity index (χ1v) is 18.2. The highest BCUT2D eigenvalue weighted by atomic mass is 32.2. The second-order valence-corrected chi connectivity index (χ2v) is 14.3. The van der Waals surface area contributed by atoms with E-state index in [1.54, 1.807) is 0 Å². The number of fused-ring (bicyclic) bond motifs is 6. The van der Waals surface area contributed by atoms with Crippen LogP contribution in [0.15, 0.2) is 155 Å². The molecule has 0 saturated carbocycles. The molecular weight excluding hydrogens is 609 g/mol. The van der Waals surface area contributed by atoms with E-state index in [9.17, 15) is 0 Å². The third-order valence-electron chi connectivity index (χ3n) is 9.19. The molecule has 0 bridgehead atoms. The summed E-state index contributed by atoms with van der Waals surface area (Å²) < 4.78 is 3.91. The van der Waals surface area contributed by atoms with Gasteiger partial charge in [-0.2, -0.15) is 4.57 Å². The van der Waals surface area contributed by atoms with Crippen LogP contribution in [0.25, 0.3) is 37.8 Å². The van der Waals surface area contributed by atoms with Crippen LogP contribution in [0.3, 0.4) is 0 Å². The molecule has 47 heavy (non-hydrogen) atoms. The number of thioether (sulfide) groups is 1. The Morgan fingerprint density at radius 2 is 1.32 bits per heavy atom. The predicted molar refractivity (Wildman–Crippen MR) is 203 cm³/mol. The van der Waals surface area contributed by atoms with Crippen molar-refractivity contribution in [2.75, 3.05) is 11.4 Å². The molecule has 230 valence electrons. The molecule has 1 aromatic heterocycles. The van der Waals surface area contributed by atoms with Crippen LogP contribution < -0.4 is 9.47 Å². The van der Waals surface area contributed by atoms with Crippen LogP contribution in [-0.4, -0.2) is 6.54 Å². The Kier molecular flexibility index (Phi) is 8.37. The van der Waals surface area contributed by atoms with Crippen molar-refractivity contribution < 1.29 is 4.57 Å². The van der Waals surface area contributed by atoms with Crippen LogP contribution in [0.4, 0.5) is 5.69 Å². The van der Waals surface area contributed by atoms with Crippen molar-refractivity contribution in [1.29, 1.82) is 0 Å². The van der Waals surface area contributed by atoms with E-state index >= 15 is 0 Å². The normalized spacial score (nSPS) is 14.1. The van der Waals surface area contributed by atoms with Gasteiger partial charge in [0.05, 0.1) is 16.1 Å². The van der Waals surface area contributed by atoms with Crippen molar-refractivity contribution in [3.8, 4) is 0 Å². The second kappa shape index (κ2) is 13.2. The van der Waals surface area contributed by atoms with Crippen LogP contribution in [0.1, 0.15) is 29.5 Å². The molecule has 0 amide bonds. The third-order valence-corrected chi connectivity index (χ3v) is 11.4. The van der Waals surface area contributed by atoms with E-state index in [2.05, 4.69) is 162 Å². The molecular formula is C43H37N2S2+. The average Bonchev–Trinajstić information content (AvgIpc) is 3.67. The molecule has 2 heterocycles. The lowest BCUT2D eigenvalue weighted by atomic mass is 10.1. The summed E-state index contributed by atoms with van der Waals surface area (Å²) in [5, 5.41) is 7.85. The quantitative estimate of drug-likeness (QED) is 0.144. The summed E-state index contributed by atoms with van der Waals surface area (Å²) in [6, 6.07) is 48.6. The topological polar surface area (TPSA) is 7.12 Å². The summed E-state index contributed by atoms with van der Waals surface area (Å²) in [6.45, 7) is 4.16. The number of aromatic nitrogens is 1. The Morgan fingerprint density at radius 1 is 0.681 bits per heavy atom. The highest BCUT2D eigenvalue weighted by molar-refractivity contribution is 8.03. The molecule has 0 N–H and O–H groups in total. The molecule has 1 aliphatic rings. The number of anilines is 1. The van der Waals surface area contributed by atoms with Crippen LogP contribution in [-0.2, 0) is 19.4 Å². The van der Waals surface area contributed by atoms with Gasteiger partial charge in [-0.1, -0.05) is 145 Å². The Labute approximate surface area is 285 Å². The zero-order valence-corrected chi connectivity index (χ0v) is 28.2. The van der Waals surface area contributed by atoms with Gasteiger partial charge in [-0.15, -0.1) is 0 Å². The van der Waals surface area contributed by atoms with E-state index in [0.717, 1.165) is 32.4 Å². The first-order chi connectivity index (χ1) is 23.2. The van der Waals surface area contributed by atoms with Crippen molar-refractivity contribution in [2.45, 2.75) is 37.6 Å². The van der Waals surface area contributed by atoms with Crippen LogP contribution in [0.2, 0.25) is 0 Å². The molecule has 4 heteroatoms. The van der Waals surface area contributed by atoms with Gasteiger partial charge in [0.2, 0.25) is 5.52 Å². The lowest BCUT2D eigenvalue weighted by Gasteiger charge is -2.22. The molecule has 0 saturated heterocycles. The molecule has 2 nitrogen and oxygen atoms in total. The van der Waals surface area contributed by atoms with Gasteiger partial charge in [-0.3, -0.25) is 0 Å². The number of benzene rings is 6. The van der Waals surface area contributed by atoms with Gasteiger partial charge in [-0.25, -0.2) is 0 Å². The van der Waals surface area contributed by atoms with Crippen LogP contribution in [0, 0.1) is 0 Å². The van der Waals surface area contributed by atoms with E-state index in [4.69, 9.17) is 0 Å². The fraction of sp³-hybridized carbons (Fsp3) is 0.140. The molecule has 7 aromatic rings. The lowest BCUT2D eigenvalue weighted by Crippen LogP contribution is -2.36. The van der Waals surface area contributed by atoms with E-state index in [1.807, 2.05) is 23.1 Å². The van der Waals surface area contributed by atoms with Crippen LogP contribution in [0.5, 0.6) is 0 Å². The Balaban J connectivity index is 1.22. The Morgan fingerprint density at radius 3 is 2.06 bits per heavy atom. The smallest absolute Gasteiger partial charge is 0.263 e. The first kappa shape index (κ1) is 29.7. The summed E-state index contributed by atoms with van der Waals surface area (Å²) in [6.07, 6.45) is 7.86. The van der Waals surface area contributed by atoms with Gasteiger partial charge in [0.25, 0.3) is 5.01 Å². The zero-order valence-electron chi connectivity index (χ0n) is 26.6. The standard InChI is InChI=1S/C43H37N2S2/c1-2-31(29-40-44(27-25-32-13-5-3-6-14-32)42-36-19-11-9-17-34(36)21-23-38(42)46-40)30-41-45(28-26-33-15-7-4-8-16-33)43-37-20-12-10-18-35(37)22-24-39(43)47-41/h3-24,29-30H,2,25-28H2,1H3/q+1. The van der Waals surface area contributed by atoms with E-state index in [-0.39, 0.29) is 0 Å². The monoisotopic (exact) mass is 645 g/mol. The van der Waals surface area contributed by atoms with E-state index in [0.29, 0.717) is 0 Å². The molecule has 1 aliphatic heterocycles. The minimum absolute atomic E-state index is 0.937. The molecule has 0 atom stereocenters. The highest BCUT2D eigenvalue weighted by Crippen LogP contribution is 2.50. The molecule has 6 aromatic carbocycles. The maximum absolute atomic E-state index is 2.57. The summed E-state index contributed by atoms with van der Waals surface area (Å²) >= 11 is 3.82. The number of aryl methyl sites for hydroxylation is 2. The Hall–Kier alpha value is -4.64. The van der Waals surface area contributed by atoms with Crippen LogP contribution >= 0.6 is 23.1 Å². The van der Waals surface area contributed by atoms with Gasteiger partial charge >= 0.3 is 0 Å². The fourth-order valence-corrected chi connectivity index (χ4v) is 9.10. The minimum Gasteiger partial charge on any atom is -0.334 e. The fourth-order valence-electron chi connectivity index (χ4n) is 6.74. The predicted octanol–water partition coefficient (Wildman–Crippen LogP) is 11.2. The van der Waals surface area contributed by atoms with Gasteiger partial charge in [0, 0.05) is 29.3 Å². The number of hydrogen-bond acceptors (Lipinski definition) is 3. The average molecular weight is 646 g/mol. The molecule has 8 rings (SSSR count). The number of rotatable bonds is 9. The van der Waals surface area contributed by atoms with Gasteiger partial charge in [0.15, 0.2) is 6.54 Å². The summed E-state index contributed by atoms with van der Waals surface area (Å²) in [5.74, 6) is 0. The van der Waals surface area contributed by atoms with E-state index < -0.39 is 0 Å². The largest absolute Gasteiger partial charge is 0.334 e. The zero-order chi connectivity index (χ0) is 31.6. The van der Waals surface area contributed by atoms with Gasteiger partial charge in [-0.05, 0) is 64.6 Å². The van der Waals surface area contributed by atoms with Crippen molar-refractivity contribution in [3.05, 3.63) is 166 Å². The van der Waals surface area contributed by atoms with Crippen molar-refractivity contribution in [2.24, 2.45) is 0 Å². The summed E-state index contributed by atoms with van der Waals surface area (Å²) in [5.41, 5.74) is 6.77. The summed E-state index contributed by atoms with van der Waals surface area (Å²) in [4.78, 5) is 3.91. The summed E-state index contributed by atoms with van der Waals surface area (Å²) in [7, 11) is 0. The van der Waals surface area contributed by atoms with Gasteiger partial charge in [0.1, 0.15) is 4.70 Å². The third kappa shape index (κ3) is 6.00. The maximum Gasteiger partial charge on any atom is 0.263 e. The minimum atomic E-state index is 0.937. The molecule has 0 fully saturated rings. The second-order valence-electron chi connectivity index (χ2n) is 12.1. The van der Waals surface area contributed by atoms with Gasteiger partial charge < -0.3 is 4.90 Å². The Bertz CT molecular complexity index is 2260. The number of nitrogens with zero attached hydrogens (tertiary/aromatic N) is 2. The molecule has 0 spiro atoms. The number of allylic oxidation sites excluding steroid dienone is 2. The molecule has 0 aliphatic carbocycles. The maximum atomic E-state index is 2.57. The lowest BCUT2D eigenvalue weighted by molar-refractivity contribution is -0.667. The molecule has 0 unspecified atom stereocenters.